The number of halogens is 4. The van der Waals surface area contributed by atoms with Gasteiger partial charge in [0.1, 0.15) is 0 Å². The van der Waals surface area contributed by atoms with Gasteiger partial charge in [-0.2, -0.15) is 13.2 Å². The van der Waals surface area contributed by atoms with E-state index in [-0.39, 0.29) is 5.75 Å². The monoisotopic (exact) mass is 390 g/mol. The van der Waals surface area contributed by atoms with Gasteiger partial charge in [0.15, 0.2) is 23.2 Å². The lowest BCUT2D eigenvalue weighted by molar-refractivity contribution is -0.140. The number of hydrogen-bond acceptors (Lipinski definition) is 4. The van der Waals surface area contributed by atoms with Gasteiger partial charge >= 0.3 is 6.18 Å². The predicted molar refractivity (Wildman–Crippen MR) is 92.0 cm³/mol. The first-order valence-electron chi connectivity index (χ1n) is 7.62. The lowest BCUT2D eigenvalue weighted by atomic mass is 10.2. The Kier molecular flexibility index (Phi) is 6.78. The summed E-state index contributed by atoms with van der Waals surface area (Å²) in [5.74, 6) is 0.158. The highest BCUT2D eigenvalue weighted by Gasteiger charge is 2.33. The van der Waals surface area contributed by atoms with Crippen LogP contribution in [0, 0.1) is 5.82 Å². The second-order valence-corrected chi connectivity index (χ2v) is 6.14. The molecule has 0 aliphatic carbocycles. The van der Waals surface area contributed by atoms with Crippen molar-refractivity contribution >= 4 is 17.3 Å². The van der Waals surface area contributed by atoms with Crippen molar-refractivity contribution in [2.24, 2.45) is 4.99 Å². The van der Waals surface area contributed by atoms with E-state index in [1.165, 1.54) is 19.2 Å². The SMILES string of the molecule is CN=C(NCCc1nc(C(F)(F)F)cs1)NCc1ccc(OC)c(F)c1. The minimum absolute atomic E-state index is 0.165. The van der Waals surface area contributed by atoms with E-state index < -0.39 is 17.7 Å². The van der Waals surface area contributed by atoms with Crippen LogP contribution in [-0.2, 0) is 19.1 Å². The summed E-state index contributed by atoms with van der Waals surface area (Å²) in [7, 11) is 2.96. The van der Waals surface area contributed by atoms with Crippen LogP contribution in [0.3, 0.4) is 0 Å². The molecule has 1 heterocycles. The van der Waals surface area contributed by atoms with Crippen molar-refractivity contribution in [3.05, 3.63) is 45.7 Å². The highest BCUT2D eigenvalue weighted by molar-refractivity contribution is 7.09. The minimum atomic E-state index is -4.42. The summed E-state index contributed by atoms with van der Waals surface area (Å²) < 4.78 is 56.0. The minimum Gasteiger partial charge on any atom is -0.494 e. The van der Waals surface area contributed by atoms with E-state index in [0.29, 0.717) is 36.0 Å². The smallest absolute Gasteiger partial charge is 0.434 e. The van der Waals surface area contributed by atoms with Crippen LogP contribution in [0.15, 0.2) is 28.6 Å². The molecule has 26 heavy (non-hydrogen) atoms. The second-order valence-electron chi connectivity index (χ2n) is 5.20. The number of thiazole rings is 1. The first-order chi connectivity index (χ1) is 12.3. The van der Waals surface area contributed by atoms with Gasteiger partial charge < -0.3 is 15.4 Å². The maximum Gasteiger partial charge on any atom is 0.434 e. The zero-order valence-electron chi connectivity index (χ0n) is 14.2. The van der Waals surface area contributed by atoms with Gasteiger partial charge in [-0.3, -0.25) is 4.99 Å². The number of alkyl halides is 3. The zero-order chi connectivity index (χ0) is 19.2. The largest absolute Gasteiger partial charge is 0.494 e. The van der Waals surface area contributed by atoms with Crippen LogP contribution in [0.5, 0.6) is 5.75 Å². The predicted octanol–water partition coefficient (Wildman–Crippen LogP) is 3.22. The number of aliphatic imine (C=N–C) groups is 1. The molecule has 0 radical (unpaired) electrons. The van der Waals surface area contributed by atoms with E-state index in [1.807, 2.05) is 0 Å². The molecule has 0 bridgehead atoms. The van der Waals surface area contributed by atoms with Crippen molar-refractivity contribution < 1.29 is 22.3 Å². The maximum atomic E-state index is 13.6. The summed E-state index contributed by atoms with van der Waals surface area (Å²) in [6.07, 6.45) is -4.09. The molecule has 0 aliphatic rings. The number of hydrogen-bond donors (Lipinski definition) is 2. The van der Waals surface area contributed by atoms with Crippen LogP contribution in [0.1, 0.15) is 16.3 Å². The summed E-state index contributed by atoms with van der Waals surface area (Å²) in [5.41, 5.74) is -0.178. The van der Waals surface area contributed by atoms with Gasteiger partial charge in [0.05, 0.1) is 12.1 Å². The highest BCUT2D eigenvalue weighted by atomic mass is 32.1. The van der Waals surface area contributed by atoms with Crippen molar-refractivity contribution in [2.75, 3.05) is 20.7 Å². The molecule has 5 nitrogen and oxygen atoms in total. The molecule has 0 aliphatic heterocycles. The summed E-state index contributed by atoms with van der Waals surface area (Å²) in [6.45, 7) is 0.692. The molecule has 0 atom stereocenters. The fourth-order valence-corrected chi connectivity index (χ4v) is 2.87. The number of nitrogens with zero attached hydrogens (tertiary/aromatic N) is 2. The number of aromatic nitrogens is 1. The van der Waals surface area contributed by atoms with Crippen LogP contribution in [-0.4, -0.2) is 31.6 Å². The van der Waals surface area contributed by atoms with E-state index in [4.69, 9.17) is 4.74 Å². The Labute approximate surface area is 152 Å². The molecule has 2 aromatic rings. The van der Waals surface area contributed by atoms with E-state index in [1.54, 1.807) is 13.1 Å². The summed E-state index contributed by atoms with van der Waals surface area (Å²) in [6, 6.07) is 4.60. The zero-order valence-corrected chi connectivity index (χ0v) is 15.0. The van der Waals surface area contributed by atoms with E-state index in [9.17, 15) is 17.6 Å². The van der Waals surface area contributed by atoms with Crippen molar-refractivity contribution in [3.63, 3.8) is 0 Å². The normalized spacial score (nSPS) is 12.2. The number of benzene rings is 1. The lowest BCUT2D eigenvalue weighted by Gasteiger charge is -2.12. The maximum absolute atomic E-state index is 13.6. The van der Waals surface area contributed by atoms with Crippen LogP contribution in [0.2, 0.25) is 0 Å². The lowest BCUT2D eigenvalue weighted by Crippen LogP contribution is -2.37. The molecule has 1 aromatic carbocycles. The Bertz CT molecular complexity index is 761. The van der Waals surface area contributed by atoms with Gasteiger partial charge in [-0.25, -0.2) is 9.37 Å². The van der Waals surface area contributed by atoms with Gasteiger partial charge in [0, 0.05) is 31.9 Å². The van der Waals surface area contributed by atoms with Crippen molar-refractivity contribution in [3.8, 4) is 5.75 Å². The number of methoxy groups -OCH3 is 1. The molecule has 1 aromatic heterocycles. The van der Waals surface area contributed by atoms with Crippen molar-refractivity contribution in [1.29, 1.82) is 0 Å². The van der Waals surface area contributed by atoms with Crippen molar-refractivity contribution in [2.45, 2.75) is 19.1 Å². The molecular formula is C16H18F4N4OS. The summed E-state index contributed by atoms with van der Waals surface area (Å²) in [5, 5.41) is 7.37. The molecule has 0 unspecified atom stereocenters. The third-order valence-electron chi connectivity index (χ3n) is 3.37. The van der Waals surface area contributed by atoms with Gasteiger partial charge in [-0.15, -0.1) is 11.3 Å². The average Bonchev–Trinajstić information content (AvgIpc) is 3.07. The third-order valence-corrected chi connectivity index (χ3v) is 4.28. The average molecular weight is 390 g/mol. The fraction of sp³-hybridized carbons (Fsp3) is 0.375. The summed E-state index contributed by atoms with van der Waals surface area (Å²) in [4.78, 5) is 7.58. The van der Waals surface area contributed by atoms with Crippen LogP contribution < -0.4 is 15.4 Å². The molecular weight excluding hydrogens is 372 g/mol. The molecule has 0 spiro atoms. The first kappa shape index (κ1) is 20.0. The number of rotatable bonds is 6. The Balaban J connectivity index is 1.81. The van der Waals surface area contributed by atoms with Crippen molar-refractivity contribution in [1.82, 2.24) is 15.6 Å². The number of ether oxygens (including phenoxy) is 1. The second kappa shape index (κ2) is 8.84. The van der Waals surface area contributed by atoms with Crippen LogP contribution in [0.4, 0.5) is 17.6 Å². The Morgan fingerprint density at radius 1 is 1.31 bits per heavy atom. The molecule has 10 heteroatoms. The topological polar surface area (TPSA) is 58.5 Å². The van der Waals surface area contributed by atoms with E-state index >= 15 is 0 Å². The standard InChI is InChI=1S/C16H18F4N4OS/c1-21-15(23-8-10-3-4-12(25-2)11(17)7-10)22-6-5-14-24-13(9-26-14)16(18,19)20/h3-4,7,9H,5-6,8H2,1-2H3,(H2,21,22,23). The highest BCUT2D eigenvalue weighted by Crippen LogP contribution is 2.30. The van der Waals surface area contributed by atoms with E-state index in [0.717, 1.165) is 16.7 Å². The van der Waals surface area contributed by atoms with Gasteiger partial charge in [-0.05, 0) is 17.7 Å². The molecule has 0 saturated carbocycles. The molecule has 142 valence electrons. The van der Waals surface area contributed by atoms with Gasteiger partial charge in [-0.1, -0.05) is 6.07 Å². The third kappa shape index (κ3) is 5.58. The molecule has 0 amide bonds. The van der Waals surface area contributed by atoms with Crippen LogP contribution >= 0.6 is 11.3 Å². The van der Waals surface area contributed by atoms with E-state index in [2.05, 4.69) is 20.6 Å². The Hall–Kier alpha value is -2.36. The molecule has 0 fully saturated rings. The fourth-order valence-electron chi connectivity index (χ4n) is 2.07. The molecule has 2 rings (SSSR count). The summed E-state index contributed by atoms with van der Waals surface area (Å²) >= 11 is 0.966. The Morgan fingerprint density at radius 3 is 2.65 bits per heavy atom. The first-order valence-corrected chi connectivity index (χ1v) is 8.50. The molecule has 2 N–H and O–H groups in total. The number of guanidine groups is 1. The van der Waals surface area contributed by atoms with Gasteiger partial charge in [0.25, 0.3) is 0 Å². The van der Waals surface area contributed by atoms with Crippen LogP contribution in [0.25, 0.3) is 0 Å². The molecule has 0 saturated heterocycles. The number of nitrogens with one attached hydrogen (secondary N) is 2. The van der Waals surface area contributed by atoms with Gasteiger partial charge in [0.2, 0.25) is 0 Å². The Morgan fingerprint density at radius 2 is 2.08 bits per heavy atom. The quantitative estimate of drug-likeness (QED) is 0.452.